The molecule has 22 heavy (non-hydrogen) atoms. The van der Waals surface area contributed by atoms with Gasteiger partial charge in [0, 0.05) is 22.5 Å². The lowest BCUT2D eigenvalue weighted by Gasteiger charge is -2.38. The van der Waals surface area contributed by atoms with Crippen LogP contribution >= 0.6 is 18.7 Å². The number of rotatable bonds is 4. The van der Waals surface area contributed by atoms with Crippen molar-refractivity contribution in [2.45, 2.75) is 81.4 Å². The molecule has 0 radical (unpaired) electrons. The van der Waals surface area contributed by atoms with E-state index in [1.54, 1.807) is 0 Å². The van der Waals surface area contributed by atoms with Crippen LogP contribution in [0.4, 0.5) is 0 Å². The van der Waals surface area contributed by atoms with E-state index in [0.717, 1.165) is 10.9 Å². The molecule has 2 aliphatic rings. The summed E-state index contributed by atoms with van der Waals surface area (Å²) in [5.74, 6) is 0.539. The molecule has 2 fully saturated rings. The summed E-state index contributed by atoms with van der Waals surface area (Å²) in [4.78, 5) is 0. The van der Waals surface area contributed by atoms with Crippen LogP contribution in [0.3, 0.4) is 0 Å². The van der Waals surface area contributed by atoms with Crippen LogP contribution in [0.15, 0.2) is 24.3 Å². The van der Waals surface area contributed by atoms with Gasteiger partial charge >= 0.3 is 0 Å². The van der Waals surface area contributed by atoms with Gasteiger partial charge in [-0.3, -0.25) is 0 Å². The molecule has 0 saturated heterocycles. The number of alkyl halides is 1. The Balaban J connectivity index is 1.94. The van der Waals surface area contributed by atoms with Gasteiger partial charge in [-0.25, -0.2) is 0 Å². The maximum atomic E-state index is 14.3. The van der Waals surface area contributed by atoms with E-state index in [1.165, 1.54) is 64.2 Å². The first-order valence-electron chi connectivity index (χ1n) is 9.00. The first-order valence-corrected chi connectivity index (χ1v) is 11.4. The lowest BCUT2D eigenvalue weighted by atomic mass is 9.99. The largest absolute Gasteiger partial charge is 0.318 e. The maximum absolute atomic E-state index is 14.3. The second kappa shape index (κ2) is 7.54. The predicted octanol–water partition coefficient (Wildman–Crippen LogP) is 6.08. The highest BCUT2D eigenvalue weighted by atomic mass is 35.5. The lowest BCUT2D eigenvalue weighted by Crippen LogP contribution is -2.29. The monoisotopic (exact) mass is 338 g/mol. The molecule has 1 aromatic rings. The number of hydrogen-bond donors (Lipinski definition) is 0. The molecule has 0 aromatic heterocycles. The van der Waals surface area contributed by atoms with Gasteiger partial charge in [0.25, 0.3) is 0 Å². The third-order valence-corrected chi connectivity index (χ3v) is 10.3. The molecule has 1 aromatic carbocycles. The summed E-state index contributed by atoms with van der Waals surface area (Å²) in [5, 5.41) is 1.14. The SMILES string of the molecule is O=P(c1ccc(CCl)cc1)(C1CCCCC1)C1CCCCC1. The van der Waals surface area contributed by atoms with Crippen LogP contribution in [-0.4, -0.2) is 11.3 Å². The van der Waals surface area contributed by atoms with E-state index < -0.39 is 7.14 Å². The van der Waals surface area contributed by atoms with Gasteiger partial charge in [0.1, 0.15) is 7.14 Å². The van der Waals surface area contributed by atoms with Crippen LogP contribution in [0.25, 0.3) is 0 Å². The number of halogens is 1. The van der Waals surface area contributed by atoms with Crippen molar-refractivity contribution in [1.29, 1.82) is 0 Å². The summed E-state index contributed by atoms with van der Waals surface area (Å²) in [6, 6.07) is 8.42. The molecule has 0 amide bonds. The summed E-state index contributed by atoms with van der Waals surface area (Å²) < 4.78 is 14.3. The summed E-state index contributed by atoms with van der Waals surface area (Å²) in [6.45, 7) is 0. The normalized spacial score (nSPS) is 21.9. The molecular weight excluding hydrogens is 311 g/mol. The molecule has 122 valence electrons. The zero-order valence-electron chi connectivity index (χ0n) is 13.5. The van der Waals surface area contributed by atoms with E-state index in [2.05, 4.69) is 24.3 Å². The van der Waals surface area contributed by atoms with Crippen LogP contribution < -0.4 is 5.30 Å². The van der Waals surface area contributed by atoms with Crippen molar-refractivity contribution in [3.63, 3.8) is 0 Å². The molecular formula is C19H28ClOP. The molecule has 2 saturated carbocycles. The van der Waals surface area contributed by atoms with Crippen molar-refractivity contribution in [3.05, 3.63) is 29.8 Å². The molecule has 0 aliphatic heterocycles. The average Bonchev–Trinajstić information content (AvgIpc) is 2.62. The maximum Gasteiger partial charge on any atom is 0.121 e. The fourth-order valence-corrected chi connectivity index (χ4v) is 8.96. The molecule has 3 rings (SSSR count). The Morgan fingerprint density at radius 3 is 1.68 bits per heavy atom. The molecule has 0 spiro atoms. The molecule has 0 N–H and O–H groups in total. The van der Waals surface area contributed by atoms with Crippen LogP contribution in [0.2, 0.25) is 0 Å². The van der Waals surface area contributed by atoms with Crippen molar-refractivity contribution in [3.8, 4) is 0 Å². The lowest BCUT2D eigenvalue weighted by molar-refractivity contribution is 0.453. The highest BCUT2D eigenvalue weighted by Gasteiger charge is 2.42. The highest BCUT2D eigenvalue weighted by molar-refractivity contribution is 7.73. The van der Waals surface area contributed by atoms with E-state index in [9.17, 15) is 4.57 Å². The zero-order valence-corrected chi connectivity index (χ0v) is 15.1. The number of hydrogen-bond acceptors (Lipinski definition) is 1. The van der Waals surface area contributed by atoms with Crippen molar-refractivity contribution >= 4 is 24.0 Å². The molecule has 0 bridgehead atoms. The third kappa shape index (κ3) is 3.31. The molecule has 2 aliphatic carbocycles. The minimum absolute atomic E-state index is 0.436. The van der Waals surface area contributed by atoms with Gasteiger partial charge in [-0.15, -0.1) is 11.6 Å². The van der Waals surface area contributed by atoms with Crippen molar-refractivity contribution in [2.24, 2.45) is 0 Å². The van der Waals surface area contributed by atoms with E-state index in [-0.39, 0.29) is 0 Å². The summed E-state index contributed by atoms with van der Waals surface area (Å²) in [6.07, 6.45) is 12.4. The smallest absolute Gasteiger partial charge is 0.121 e. The van der Waals surface area contributed by atoms with Gasteiger partial charge in [-0.2, -0.15) is 0 Å². The molecule has 1 nitrogen and oxygen atoms in total. The Kier molecular flexibility index (Phi) is 5.69. The zero-order chi connectivity index (χ0) is 15.4. The predicted molar refractivity (Wildman–Crippen MR) is 97.0 cm³/mol. The van der Waals surface area contributed by atoms with Crippen LogP contribution in [0, 0.1) is 0 Å². The quantitative estimate of drug-likeness (QED) is 0.480. The third-order valence-electron chi connectivity index (χ3n) is 5.73. The van der Waals surface area contributed by atoms with Crippen molar-refractivity contribution < 1.29 is 4.57 Å². The number of benzene rings is 1. The van der Waals surface area contributed by atoms with Crippen molar-refractivity contribution in [1.82, 2.24) is 0 Å². The summed E-state index contributed by atoms with van der Waals surface area (Å²) in [7, 11) is -2.30. The fourth-order valence-electron chi connectivity index (χ4n) is 4.47. The Morgan fingerprint density at radius 1 is 0.818 bits per heavy atom. The first-order chi connectivity index (χ1) is 10.7. The Hall–Kier alpha value is -0.260. The van der Waals surface area contributed by atoms with Gasteiger partial charge < -0.3 is 4.57 Å². The van der Waals surface area contributed by atoms with E-state index in [4.69, 9.17) is 11.6 Å². The fraction of sp³-hybridized carbons (Fsp3) is 0.684. The topological polar surface area (TPSA) is 17.1 Å². The first kappa shape index (κ1) is 16.6. The van der Waals surface area contributed by atoms with Gasteiger partial charge in [-0.05, 0) is 31.2 Å². The highest BCUT2D eigenvalue weighted by Crippen LogP contribution is 2.61. The van der Waals surface area contributed by atoms with Gasteiger partial charge in [0.05, 0.1) is 0 Å². The second-order valence-electron chi connectivity index (χ2n) is 7.09. The van der Waals surface area contributed by atoms with Crippen LogP contribution in [0.1, 0.15) is 69.8 Å². The minimum Gasteiger partial charge on any atom is -0.318 e. The van der Waals surface area contributed by atoms with Crippen LogP contribution in [0.5, 0.6) is 0 Å². The molecule has 0 heterocycles. The molecule has 3 heteroatoms. The Bertz CT molecular complexity index is 491. The molecule has 0 unspecified atom stereocenters. The van der Waals surface area contributed by atoms with Gasteiger partial charge in [0.2, 0.25) is 0 Å². The standard InChI is InChI=1S/C19H28ClOP/c20-15-16-11-13-19(14-12-16)22(21,17-7-3-1-4-8-17)18-9-5-2-6-10-18/h11-14,17-18H,1-10,15H2. The van der Waals surface area contributed by atoms with E-state index in [0.29, 0.717) is 17.2 Å². The van der Waals surface area contributed by atoms with Crippen molar-refractivity contribution in [2.75, 3.05) is 0 Å². The minimum atomic E-state index is -2.30. The second-order valence-corrected chi connectivity index (χ2v) is 10.8. The Labute approximate surface area is 140 Å². The van der Waals surface area contributed by atoms with E-state index >= 15 is 0 Å². The average molecular weight is 339 g/mol. The Morgan fingerprint density at radius 2 is 1.27 bits per heavy atom. The van der Waals surface area contributed by atoms with Crippen LogP contribution in [-0.2, 0) is 10.4 Å². The summed E-state index contributed by atoms with van der Waals surface area (Å²) >= 11 is 5.92. The van der Waals surface area contributed by atoms with Gasteiger partial charge in [0.15, 0.2) is 0 Å². The summed E-state index contributed by atoms with van der Waals surface area (Å²) in [5.41, 5.74) is 2.00. The van der Waals surface area contributed by atoms with E-state index in [1.807, 2.05) is 0 Å². The molecule has 0 atom stereocenters. The van der Waals surface area contributed by atoms with Gasteiger partial charge in [-0.1, -0.05) is 62.8 Å².